The van der Waals surface area contributed by atoms with Crippen molar-refractivity contribution >= 4 is 0 Å². The first-order chi connectivity index (χ1) is 9.49. The quantitative estimate of drug-likeness (QED) is 0.639. The number of hydrogen-bond acceptors (Lipinski definition) is 4. The third kappa shape index (κ3) is 4.54. The fourth-order valence-corrected chi connectivity index (χ4v) is 1.90. The Hall–Kier alpha value is -1.52. The van der Waals surface area contributed by atoms with E-state index in [1.165, 1.54) is 7.11 Å². The van der Waals surface area contributed by atoms with E-state index < -0.39 is 0 Å². The average Bonchev–Trinajstić information content (AvgIpc) is 2.41. The molecule has 1 rings (SSSR count). The number of aliphatic hydroxyl groups is 1. The number of aromatic hydroxyl groups is 1. The molecule has 20 heavy (non-hydrogen) atoms. The monoisotopic (exact) mass is 279 g/mol. The van der Waals surface area contributed by atoms with E-state index >= 15 is 0 Å². The summed E-state index contributed by atoms with van der Waals surface area (Å²) in [5, 5.41) is 23.0. The SMILES string of the molecule is C=CCc1cc(CNCC(O)C(C)C)cc(OC)c1O. The second kappa shape index (κ2) is 7.92. The zero-order valence-electron chi connectivity index (χ0n) is 12.5. The number of rotatable bonds is 8. The predicted molar refractivity (Wildman–Crippen MR) is 81.1 cm³/mol. The average molecular weight is 279 g/mol. The van der Waals surface area contributed by atoms with Crippen molar-refractivity contribution in [2.45, 2.75) is 32.9 Å². The van der Waals surface area contributed by atoms with Crippen LogP contribution < -0.4 is 10.1 Å². The predicted octanol–water partition coefficient (Wildman–Crippen LogP) is 2.24. The summed E-state index contributed by atoms with van der Waals surface area (Å²) >= 11 is 0. The number of phenols is 1. The molecule has 4 heteroatoms. The van der Waals surface area contributed by atoms with Crippen molar-refractivity contribution in [3.05, 3.63) is 35.9 Å². The maximum atomic E-state index is 10.00. The lowest BCUT2D eigenvalue weighted by Crippen LogP contribution is -2.30. The van der Waals surface area contributed by atoms with Crippen molar-refractivity contribution in [2.24, 2.45) is 5.92 Å². The number of aliphatic hydroxyl groups excluding tert-OH is 1. The van der Waals surface area contributed by atoms with Gasteiger partial charge in [-0.3, -0.25) is 0 Å². The first-order valence-corrected chi connectivity index (χ1v) is 6.88. The van der Waals surface area contributed by atoms with Crippen LogP contribution in [0.4, 0.5) is 0 Å². The molecule has 0 saturated carbocycles. The number of nitrogens with one attached hydrogen (secondary N) is 1. The summed E-state index contributed by atoms with van der Waals surface area (Å²) in [6.45, 7) is 8.81. The Bertz CT molecular complexity index is 444. The van der Waals surface area contributed by atoms with Gasteiger partial charge in [-0.05, 0) is 24.0 Å². The molecule has 0 aromatic heterocycles. The van der Waals surface area contributed by atoms with E-state index in [9.17, 15) is 10.2 Å². The minimum absolute atomic E-state index is 0.165. The molecule has 0 heterocycles. The van der Waals surface area contributed by atoms with Crippen LogP contribution in [0.15, 0.2) is 24.8 Å². The summed E-state index contributed by atoms with van der Waals surface area (Å²) in [7, 11) is 1.53. The third-order valence-electron chi connectivity index (χ3n) is 3.25. The molecule has 3 N–H and O–H groups in total. The molecule has 1 aromatic rings. The highest BCUT2D eigenvalue weighted by Gasteiger charge is 2.11. The first kappa shape index (κ1) is 16.5. The second-order valence-corrected chi connectivity index (χ2v) is 5.24. The summed E-state index contributed by atoms with van der Waals surface area (Å²) in [5.74, 6) is 0.858. The van der Waals surface area contributed by atoms with Crippen LogP contribution >= 0.6 is 0 Å². The Balaban J connectivity index is 2.74. The molecular weight excluding hydrogens is 254 g/mol. The van der Waals surface area contributed by atoms with E-state index in [0.29, 0.717) is 25.3 Å². The Morgan fingerprint density at radius 3 is 2.65 bits per heavy atom. The smallest absolute Gasteiger partial charge is 0.161 e. The van der Waals surface area contributed by atoms with Gasteiger partial charge < -0.3 is 20.3 Å². The minimum atomic E-state index is -0.360. The number of benzene rings is 1. The zero-order chi connectivity index (χ0) is 15.1. The number of phenolic OH excluding ortho intramolecular Hbond substituents is 1. The van der Waals surface area contributed by atoms with E-state index in [-0.39, 0.29) is 17.8 Å². The van der Waals surface area contributed by atoms with Gasteiger partial charge in [-0.25, -0.2) is 0 Å². The van der Waals surface area contributed by atoms with Gasteiger partial charge in [-0.1, -0.05) is 26.0 Å². The molecule has 0 spiro atoms. The molecule has 1 aromatic carbocycles. The molecule has 0 saturated heterocycles. The molecule has 1 unspecified atom stereocenters. The molecule has 0 amide bonds. The molecule has 0 aliphatic heterocycles. The highest BCUT2D eigenvalue weighted by molar-refractivity contribution is 5.49. The molecule has 4 nitrogen and oxygen atoms in total. The van der Waals surface area contributed by atoms with Gasteiger partial charge in [-0.15, -0.1) is 6.58 Å². The van der Waals surface area contributed by atoms with Crippen molar-refractivity contribution in [3.63, 3.8) is 0 Å². The van der Waals surface area contributed by atoms with Crippen molar-refractivity contribution in [2.75, 3.05) is 13.7 Å². The number of ether oxygens (including phenoxy) is 1. The minimum Gasteiger partial charge on any atom is -0.504 e. The summed E-state index contributed by atoms with van der Waals surface area (Å²) in [5.41, 5.74) is 1.80. The first-order valence-electron chi connectivity index (χ1n) is 6.88. The van der Waals surface area contributed by atoms with E-state index in [1.54, 1.807) is 12.1 Å². The van der Waals surface area contributed by atoms with Crippen molar-refractivity contribution in [1.82, 2.24) is 5.32 Å². The lowest BCUT2D eigenvalue weighted by atomic mass is 10.0. The van der Waals surface area contributed by atoms with Crippen LogP contribution in [-0.2, 0) is 13.0 Å². The van der Waals surface area contributed by atoms with Crippen LogP contribution in [-0.4, -0.2) is 30.0 Å². The summed E-state index contributed by atoms with van der Waals surface area (Å²) in [4.78, 5) is 0. The zero-order valence-corrected chi connectivity index (χ0v) is 12.5. The fourth-order valence-electron chi connectivity index (χ4n) is 1.90. The van der Waals surface area contributed by atoms with E-state index in [2.05, 4.69) is 11.9 Å². The molecule has 1 atom stereocenters. The third-order valence-corrected chi connectivity index (χ3v) is 3.25. The summed E-state index contributed by atoms with van der Waals surface area (Å²) in [6, 6.07) is 3.73. The Morgan fingerprint density at radius 2 is 2.10 bits per heavy atom. The van der Waals surface area contributed by atoms with E-state index in [4.69, 9.17) is 4.74 Å². The molecule has 0 aliphatic rings. The fraction of sp³-hybridized carbons (Fsp3) is 0.500. The molecular formula is C16H25NO3. The van der Waals surface area contributed by atoms with Crippen LogP contribution in [0, 0.1) is 5.92 Å². The lowest BCUT2D eigenvalue weighted by molar-refractivity contribution is 0.123. The summed E-state index contributed by atoms with van der Waals surface area (Å²) in [6.07, 6.45) is 1.97. The Labute approximate surface area is 121 Å². The standard InChI is InChI=1S/C16H25NO3/c1-5-6-13-7-12(8-15(20-4)16(13)19)9-17-10-14(18)11(2)3/h5,7-8,11,14,17-19H,1,6,9-10H2,2-4H3. The van der Waals surface area contributed by atoms with Crippen LogP contribution in [0.25, 0.3) is 0 Å². The van der Waals surface area contributed by atoms with Crippen LogP contribution in [0.2, 0.25) is 0 Å². The van der Waals surface area contributed by atoms with Crippen molar-refractivity contribution < 1.29 is 14.9 Å². The molecule has 112 valence electrons. The van der Waals surface area contributed by atoms with E-state index in [1.807, 2.05) is 19.9 Å². The van der Waals surface area contributed by atoms with Crippen molar-refractivity contribution in [1.29, 1.82) is 0 Å². The van der Waals surface area contributed by atoms with E-state index in [0.717, 1.165) is 11.1 Å². The van der Waals surface area contributed by atoms with Gasteiger partial charge in [-0.2, -0.15) is 0 Å². The van der Waals surface area contributed by atoms with Crippen LogP contribution in [0.3, 0.4) is 0 Å². The molecule has 0 radical (unpaired) electrons. The number of allylic oxidation sites excluding steroid dienone is 1. The molecule has 0 bridgehead atoms. The highest BCUT2D eigenvalue weighted by atomic mass is 16.5. The van der Waals surface area contributed by atoms with Crippen molar-refractivity contribution in [3.8, 4) is 11.5 Å². The van der Waals surface area contributed by atoms with Gasteiger partial charge in [0.05, 0.1) is 13.2 Å². The Kier molecular flexibility index (Phi) is 6.55. The van der Waals surface area contributed by atoms with Gasteiger partial charge in [0.2, 0.25) is 0 Å². The van der Waals surface area contributed by atoms with Gasteiger partial charge in [0, 0.05) is 18.7 Å². The van der Waals surface area contributed by atoms with Gasteiger partial charge >= 0.3 is 0 Å². The lowest BCUT2D eigenvalue weighted by Gasteiger charge is -2.16. The second-order valence-electron chi connectivity index (χ2n) is 5.24. The summed E-state index contributed by atoms with van der Waals surface area (Å²) < 4.78 is 5.18. The largest absolute Gasteiger partial charge is 0.504 e. The molecule has 0 aliphatic carbocycles. The van der Waals surface area contributed by atoms with Crippen LogP contribution in [0.5, 0.6) is 11.5 Å². The Morgan fingerprint density at radius 1 is 1.40 bits per heavy atom. The van der Waals surface area contributed by atoms with Gasteiger partial charge in [0.15, 0.2) is 11.5 Å². The van der Waals surface area contributed by atoms with Gasteiger partial charge in [0.1, 0.15) is 0 Å². The maximum absolute atomic E-state index is 10.00. The molecule has 0 fully saturated rings. The number of hydrogen-bond donors (Lipinski definition) is 3. The normalized spacial score (nSPS) is 12.4. The van der Waals surface area contributed by atoms with Crippen LogP contribution in [0.1, 0.15) is 25.0 Å². The topological polar surface area (TPSA) is 61.7 Å². The number of methoxy groups -OCH3 is 1. The highest BCUT2D eigenvalue weighted by Crippen LogP contribution is 2.31. The van der Waals surface area contributed by atoms with Gasteiger partial charge in [0.25, 0.3) is 0 Å². The maximum Gasteiger partial charge on any atom is 0.161 e.